The molecule has 0 radical (unpaired) electrons. The van der Waals surface area contributed by atoms with Gasteiger partial charge in [0.25, 0.3) is 0 Å². The van der Waals surface area contributed by atoms with Gasteiger partial charge in [0.1, 0.15) is 11.5 Å². The molecular formula is C18H12Br2O3. The lowest BCUT2D eigenvalue weighted by Crippen LogP contribution is -2.09. The van der Waals surface area contributed by atoms with E-state index in [0.717, 1.165) is 15.2 Å². The van der Waals surface area contributed by atoms with E-state index in [1.165, 1.54) is 0 Å². The molecule has 3 rings (SSSR count). The monoisotopic (exact) mass is 434 g/mol. The van der Waals surface area contributed by atoms with E-state index in [4.69, 9.17) is 9.47 Å². The lowest BCUT2D eigenvalue weighted by atomic mass is 10.1. The summed E-state index contributed by atoms with van der Waals surface area (Å²) in [7, 11) is 1.56. The first-order valence-electron chi connectivity index (χ1n) is 6.82. The van der Waals surface area contributed by atoms with Crippen molar-refractivity contribution in [1.82, 2.24) is 0 Å². The van der Waals surface area contributed by atoms with Gasteiger partial charge >= 0.3 is 5.97 Å². The average Bonchev–Trinajstić information content (AvgIpc) is 2.55. The van der Waals surface area contributed by atoms with Gasteiger partial charge in [0, 0.05) is 8.95 Å². The van der Waals surface area contributed by atoms with Crippen LogP contribution < -0.4 is 9.47 Å². The molecule has 0 fully saturated rings. The summed E-state index contributed by atoms with van der Waals surface area (Å²) in [6.45, 7) is 0. The standard InChI is InChI=1S/C18H12Br2O3/c1-22-14-6-7-17(20)16(10-14)18(21)23-15-5-3-11-8-13(19)4-2-12(11)9-15/h2-10H,1H3. The van der Waals surface area contributed by atoms with Crippen molar-refractivity contribution >= 4 is 48.6 Å². The summed E-state index contributed by atoms with van der Waals surface area (Å²) in [5, 5.41) is 2.07. The summed E-state index contributed by atoms with van der Waals surface area (Å²) in [5.74, 6) is 0.662. The second kappa shape index (κ2) is 6.72. The quantitative estimate of drug-likeness (QED) is 0.397. The van der Waals surface area contributed by atoms with Crippen LogP contribution >= 0.6 is 31.9 Å². The molecule has 116 valence electrons. The largest absolute Gasteiger partial charge is 0.497 e. The first-order valence-corrected chi connectivity index (χ1v) is 8.40. The summed E-state index contributed by atoms with van der Waals surface area (Å²) in [5.41, 5.74) is 0.417. The van der Waals surface area contributed by atoms with Gasteiger partial charge in [-0.25, -0.2) is 4.79 Å². The van der Waals surface area contributed by atoms with Crippen LogP contribution in [0.15, 0.2) is 63.5 Å². The van der Waals surface area contributed by atoms with E-state index in [1.54, 1.807) is 31.4 Å². The molecule has 3 aromatic carbocycles. The molecule has 0 amide bonds. The van der Waals surface area contributed by atoms with E-state index < -0.39 is 5.97 Å². The lowest BCUT2D eigenvalue weighted by Gasteiger charge is -2.09. The van der Waals surface area contributed by atoms with Crippen molar-refractivity contribution in [2.75, 3.05) is 7.11 Å². The van der Waals surface area contributed by atoms with Gasteiger partial charge in [-0.05, 0) is 69.2 Å². The summed E-state index contributed by atoms with van der Waals surface area (Å²) >= 11 is 6.80. The Balaban J connectivity index is 1.89. The van der Waals surface area contributed by atoms with E-state index in [2.05, 4.69) is 31.9 Å². The van der Waals surface area contributed by atoms with Gasteiger partial charge in [0.15, 0.2) is 0 Å². The number of benzene rings is 3. The molecule has 0 aliphatic heterocycles. The summed E-state index contributed by atoms with van der Waals surface area (Å²) in [6.07, 6.45) is 0. The van der Waals surface area contributed by atoms with Crippen molar-refractivity contribution in [2.45, 2.75) is 0 Å². The SMILES string of the molecule is COc1ccc(Br)c(C(=O)Oc2ccc3cc(Br)ccc3c2)c1. The molecule has 0 aliphatic rings. The number of rotatable bonds is 3. The van der Waals surface area contributed by atoms with Crippen LogP contribution in [-0.2, 0) is 0 Å². The Morgan fingerprint density at radius 3 is 2.35 bits per heavy atom. The van der Waals surface area contributed by atoms with Crippen LogP contribution in [0.3, 0.4) is 0 Å². The molecule has 0 unspecified atom stereocenters. The zero-order valence-corrected chi connectivity index (χ0v) is 15.3. The maximum Gasteiger partial charge on any atom is 0.344 e. The smallest absolute Gasteiger partial charge is 0.344 e. The zero-order valence-electron chi connectivity index (χ0n) is 12.2. The third kappa shape index (κ3) is 3.57. The minimum atomic E-state index is -0.438. The van der Waals surface area contributed by atoms with Crippen LogP contribution in [0.4, 0.5) is 0 Å². The van der Waals surface area contributed by atoms with Crippen LogP contribution in [0.5, 0.6) is 11.5 Å². The third-order valence-electron chi connectivity index (χ3n) is 3.38. The number of methoxy groups -OCH3 is 1. The molecule has 0 aliphatic carbocycles. The molecule has 0 N–H and O–H groups in total. The molecule has 0 spiro atoms. The maximum absolute atomic E-state index is 12.4. The van der Waals surface area contributed by atoms with Gasteiger partial charge in [-0.2, -0.15) is 0 Å². The highest BCUT2D eigenvalue weighted by Crippen LogP contribution is 2.27. The Bertz CT molecular complexity index is 891. The number of halogens is 2. The fourth-order valence-electron chi connectivity index (χ4n) is 2.21. The van der Waals surface area contributed by atoms with Crippen LogP contribution in [0.25, 0.3) is 10.8 Å². The number of ether oxygens (including phenoxy) is 2. The number of carbonyl (C=O) groups excluding carboxylic acids is 1. The number of carbonyl (C=O) groups is 1. The van der Waals surface area contributed by atoms with Crippen LogP contribution in [-0.4, -0.2) is 13.1 Å². The fourth-order valence-corrected chi connectivity index (χ4v) is 3.00. The highest BCUT2D eigenvalue weighted by molar-refractivity contribution is 9.10. The van der Waals surface area contributed by atoms with Crippen molar-refractivity contribution in [1.29, 1.82) is 0 Å². The van der Waals surface area contributed by atoms with Gasteiger partial charge < -0.3 is 9.47 Å². The first-order chi connectivity index (χ1) is 11.1. The van der Waals surface area contributed by atoms with Gasteiger partial charge in [-0.15, -0.1) is 0 Å². The number of esters is 1. The minimum absolute atomic E-state index is 0.417. The van der Waals surface area contributed by atoms with Crippen molar-refractivity contribution in [2.24, 2.45) is 0 Å². The summed E-state index contributed by atoms with van der Waals surface area (Å²) in [4.78, 5) is 12.4. The predicted molar refractivity (Wildman–Crippen MR) is 97.3 cm³/mol. The topological polar surface area (TPSA) is 35.5 Å². The molecular weight excluding hydrogens is 424 g/mol. The predicted octanol–water partition coefficient (Wildman–Crippen LogP) is 5.59. The van der Waals surface area contributed by atoms with Gasteiger partial charge in [0.2, 0.25) is 0 Å². The Kier molecular flexibility index (Phi) is 4.68. The fraction of sp³-hybridized carbons (Fsp3) is 0.0556. The van der Waals surface area contributed by atoms with Gasteiger partial charge in [-0.3, -0.25) is 0 Å². The van der Waals surface area contributed by atoms with E-state index >= 15 is 0 Å². The molecule has 5 heteroatoms. The van der Waals surface area contributed by atoms with Crippen LogP contribution in [0.1, 0.15) is 10.4 Å². The van der Waals surface area contributed by atoms with Gasteiger partial charge in [0.05, 0.1) is 12.7 Å². The summed E-state index contributed by atoms with van der Waals surface area (Å²) in [6, 6.07) is 16.6. The van der Waals surface area contributed by atoms with Gasteiger partial charge in [-0.1, -0.05) is 28.1 Å². The van der Waals surface area contributed by atoms with E-state index in [9.17, 15) is 4.79 Å². The minimum Gasteiger partial charge on any atom is -0.497 e. The van der Waals surface area contributed by atoms with E-state index in [-0.39, 0.29) is 0 Å². The van der Waals surface area contributed by atoms with Crippen molar-refractivity contribution < 1.29 is 14.3 Å². The first kappa shape index (κ1) is 16.0. The van der Waals surface area contributed by atoms with Crippen molar-refractivity contribution in [3.8, 4) is 11.5 Å². The Labute approximate surface area is 150 Å². The summed E-state index contributed by atoms with van der Waals surface area (Å²) < 4.78 is 12.3. The second-order valence-corrected chi connectivity index (χ2v) is 6.66. The third-order valence-corrected chi connectivity index (χ3v) is 4.56. The number of hydrogen-bond acceptors (Lipinski definition) is 3. The van der Waals surface area contributed by atoms with E-state index in [1.807, 2.05) is 30.3 Å². The molecule has 3 aromatic rings. The lowest BCUT2D eigenvalue weighted by molar-refractivity contribution is 0.0733. The molecule has 0 aromatic heterocycles. The molecule has 0 saturated heterocycles. The second-order valence-electron chi connectivity index (χ2n) is 4.89. The highest BCUT2D eigenvalue weighted by Gasteiger charge is 2.14. The molecule has 3 nitrogen and oxygen atoms in total. The molecule has 23 heavy (non-hydrogen) atoms. The normalized spacial score (nSPS) is 10.6. The molecule has 0 bridgehead atoms. The molecule has 0 heterocycles. The van der Waals surface area contributed by atoms with Crippen molar-refractivity contribution in [3.05, 3.63) is 69.1 Å². The van der Waals surface area contributed by atoms with Crippen molar-refractivity contribution in [3.63, 3.8) is 0 Å². The number of fused-ring (bicyclic) bond motifs is 1. The van der Waals surface area contributed by atoms with Crippen LogP contribution in [0.2, 0.25) is 0 Å². The number of hydrogen-bond donors (Lipinski definition) is 0. The Morgan fingerprint density at radius 2 is 1.57 bits per heavy atom. The average molecular weight is 436 g/mol. The Hall–Kier alpha value is -1.85. The molecule has 0 saturated carbocycles. The Morgan fingerprint density at radius 1 is 0.870 bits per heavy atom. The molecule has 0 atom stereocenters. The zero-order chi connectivity index (χ0) is 16.4. The maximum atomic E-state index is 12.4. The highest BCUT2D eigenvalue weighted by atomic mass is 79.9. The van der Waals surface area contributed by atoms with Crippen LogP contribution in [0, 0.1) is 0 Å². The van der Waals surface area contributed by atoms with E-state index in [0.29, 0.717) is 21.5 Å².